The molecule has 0 radical (unpaired) electrons. The highest BCUT2D eigenvalue weighted by Gasteiger charge is 2.12. The van der Waals surface area contributed by atoms with E-state index < -0.39 is 5.97 Å². The average Bonchev–Trinajstić information content (AvgIpc) is 3.18. The number of methoxy groups -OCH3 is 1. The molecule has 3 aromatic rings. The van der Waals surface area contributed by atoms with Crippen LogP contribution in [0.25, 0.3) is 17.1 Å². The van der Waals surface area contributed by atoms with E-state index in [2.05, 4.69) is 20.6 Å². The zero-order chi connectivity index (χ0) is 13.9. The maximum absolute atomic E-state index is 11.8. The number of tetrazole rings is 1. The predicted octanol–water partition coefficient (Wildman–Crippen LogP) is 1.44. The van der Waals surface area contributed by atoms with Crippen LogP contribution in [0.4, 0.5) is 0 Å². The van der Waals surface area contributed by atoms with Crippen LogP contribution in [0.3, 0.4) is 0 Å². The first-order valence-electron chi connectivity index (χ1n) is 5.89. The van der Waals surface area contributed by atoms with Crippen LogP contribution in [0.5, 0.6) is 0 Å². The number of carbonyl (C=O) groups excluding carboxylic acids is 1. The standard InChI is InChI=1S/C13H11N5O2/c1-20-13(19)10-6-9(12-14-16-17-15-12)7-11(8-10)18-4-2-3-5-18/h2-8H,1H3,(H,14,15,16,17). The van der Waals surface area contributed by atoms with Gasteiger partial charge in [0.2, 0.25) is 0 Å². The maximum Gasteiger partial charge on any atom is 0.337 e. The van der Waals surface area contributed by atoms with Crippen molar-refractivity contribution in [2.24, 2.45) is 0 Å². The van der Waals surface area contributed by atoms with Crippen LogP contribution in [0.2, 0.25) is 0 Å². The third-order valence-electron chi connectivity index (χ3n) is 2.86. The van der Waals surface area contributed by atoms with Crippen molar-refractivity contribution in [3.63, 3.8) is 0 Å². The van der Waals surface area contributed by atoms with Crippen molar-refractivity contribution in [2.45, 2.75) is 0 Å². The first kappa shape index (κ1) is 12.1. The van der Waals surface area contributed by atoms with Crippen LogP contribution in [0, 0.1) is 0 Å². The number of carbonyl (C=O) groups is 1. The van der Waals surface area contributed by atoms with Crippen LogP contribution >= 0.6 is 0 Å². The van der Waals surface area contributed by atoms with Crippen molar-refractivity contribution >= 4 is 5.97 Å². The molecule has 2 heterocycles. The van der Waals surface area contributed by atoms with Crippen molar-refractivity contribution in [3.05, 3.63) is 48.3 Å². The number of nitrogens with zero attached hydrogens (tertiary/aromatic N) is 4. The first-order valence-corrected chi connectivity index (χ1v) is 5.89. The quantitative estimate of drug-likeness (QED) is 0.727. The molecule has 0 aliphatic carbocycles. The summed E-state index contributed by atoms with van der Waals surface area (Å²) in [5, 5.41) is 13.6. The third-order valence-corrected chi connectivity index (χ3v) is 2.86. The molecule has 0 atom stereocenters. The van der Waals surface area contributed by atoms with Crippen molar-refractivity contribution in [3.8, 4) is 17.1 Å². The van der Waals surface area contributed by atoms with Crippen molar-refractivity contribution < 1.29 is 9.53 Å². The molecule has 3 rings (SSSR count). The second-order valence-corrected chi connectivity index (χ2v) is 4.10. The zero-order valence-electron chi connectivity index (χ0n) is 10.6. The Bertz CT molecular complexity index is 667. The highest BCUT2D eigenvalue weighted by molar-refractivity contribution is 5.91. The van der Waals surface area contributed by atoms with E-state index in [9.17, 15) is 4.79 Å². The summed E-state index contributed by atoms with van der Waals surface area (Å²) in [5.74, 6) is 0.0805. The third kappa shape index (κ3) is 2.16. The fraction of sp³-hybridized carbons (Fsp3) is 0.0769. The summed E-state index contributed by atoms with van der Waals surface area (Å²) < 4.78 is 6.66. The number of hydrogen-bond acceptors (Lipinski definition) is 5. The highest BCUT2D eigenvalue weighted by atomic mass is 16.5. The molecular formula is C13H11N5O2. The van der Waals surface area contributed by atoms with Gasteiger partial charge in [-0.25, -0.2) is 9.89 Å². The Morgan fingerprint density at radius 3 is 2.70 bits per heavy atom. The summed E-state index contributed by atoms with van der Waals surface area (Å²) in [6.45, 7) is 0. The molecular weight excluding hydrogens is 258 g/mol. The lowest BCUT2D eigenvalue weighted by Crippen LogP contribution is -2.03. The van der Waals surface area contributed by atoms with E-state index in [1.165, 1.54) is 7.11 Å². The van der Waals surface area contributed by atoms with E-state index in [1.807, 2.05) is 35.2 Å². The number of ether oxygens (including phenoxy) is 1. The number of aromatic nitrogens is 5. The van der Waals surface area contributed by atoms with Gasteiger partial charge in [0.25, 0.3) is 0 Å². The molecule has 2 aromatic heterocycles. The summed E-state index contributed by atoms with van der Waals surface area (Å²) in [6, 6.07) is 9.12. The molecule has 7 heteroatoms. The molecule has 0 saturated heterocycles. The topological polar surface area (TPSA) is 85.7 Å². The lowest BCUT2D eigenvalue weighted by atomic mass is 10.1. The van der Waals surface area contributed by atoms with Gasteiger partial charge >= 0.3 is 5.97 Å². The molecule has 0 fully saturated rings. The van der Waals surface area contributed by atoms with Gasteiger partial charge in [0.05, 0.1) is 12.7 Å². The maximum atomic E-state index is 11.8. The molecule has 0 aliphatic heterocycles. The Morgan fingerprint density at radius 1 is 1.25 bits per heavy atom. The molecule has 0 unspecified atom stereocenters. The Morgan fingerprint density at radius 2 is 2.05 bits per heavy atom. The Kier molecular flexibility index (Phi) is 3.00. The molecule has 0 spiro atoms. The molecule has 1 N–H and O–H groups in total. The number of benzene rings is 1. The van der Waals surface area contributed by atoms with Crippen molar-refractivity contribution in [1.29, 1.82) is 0 Å². The summed E-state index contributed by atoms with van der Waals surface area (Å²) in [4.78, 5) is 11.8. The monoisotopic (exact) mass is 269 g/mol. The molecule has 1 aromatic carbocycles. The van der Waals surface area contributed by atoms with E-state index in [0.29, 0.717) is 17.0 Å². The van der Waals surface area contributed by atoms with Crippen LogP contribution in [-0.2, 0) is 4.74 Å². The summed E-state index contributed by atoms with van der Waals surface area (Å²) in [7, 11) is 1.35. The number of rotatable bonds is 3. The van der Waals surface area contributed by atoms with Crippen LogP contribution in [0.15, 0.2) is 42.7 Å². The summed E-state index contributed by atoms with van der Waals surface area (Å²) >= 11 is 0. The smallest absolute Gasteiger partial charge is 0.337 e. The van der Waals surface area contributed by atoms with Gasteiger partial charge in [-0.1, -0.05) is 0 Å². The molecule has 0 bridgehead atoms. The molecule has 0 aliphatic rings. The highest BCUT2D eigenvalue weighted by Crippen LogP contribution is 2.21. The molecule has 100 valence electrons. The van der Waals surface area contributed by atoms with E-state index in [-0.39, 0.29) is 0 Å². The largest absolute Gasteiger partial charge is 0.465 e. The van der Waals surface area contributed by atoms with Gasteiger partial charge in [-0.3, -0.25) is 0 Å². The zero-order valence-corrected chi connectivity index (χ0v) is 10.6. The number of H-pyrrole nitrogens is 1. The van der Waals surface area contributed by atoms with Crippen LogP contribution < -0.4 is 0 Å². The number of esters is 1. The SMILES string of the molecule is COC(=O)c1cc(-c2nnn[nH]2)cc(-n2cccc2)c1. The van der Waals surface area contributed by atoms with Gasteiger partial charge in [-0.15, -0.1) is 5.10 Å². The normalized spacial score (nSPS) is 10.4. The predicted molar refractivity (Wildman–Crippen MR) is 70.3 cm³/mol. The van der Waals surface area contributed by atoms with Gasteiger partial charge in [0.15, 0.2) is 5.82 Å². The summed E-state index contributed by atoms with van der Waals surface area (Å²) in [5.41, 5.74) is 1.97. The molecule has 20 heavy (non-hydrogen) atoms. The van der Waals surface area contributed by atoms with Gasteiger partial charge in [-0.2, -0.15) is 0 Å². The fourth-order valence-corrected chi connectivity index (χ4v) is 1.92. The van der Waals surface area contributed by atoms with E-state index in [1.54, 1.807) is 12.1 Å². The Labute approximate surface area is 114 Å². The minimum atomic E-state index is -0.410. The van der Waals surface area contributed by atoms with Gasteiger partial charge in [0.1, 0.15) is 0 Å². The van der Waals surface area contributed by atoms with E-state index >= 15 is 0 Å². The first-order chi connectivity index (χ1) is 9.78. The minimum absolute atomic E-state index is 0.410. The minimum Gasteiger partial charge on any atom is -0.465 e. The number of aromatic amines is 1. The fourth-order valence-electron chi connectivity index (χ4n) is 1.92. The van der Waals surface area contributed by atoms with Crippen molar-refractivity contribution in [1.82, 2.24) is 25.2 Å². The molecule has 0 saturated carbocycles. The van der Waals surface area contributed by atoms with Crippen LogP contribution in [-0.4, -0.2) is 38.3 Å². The number of nitrogens with one attached hydrogen (secondary N) is 1. The Hall–Kier alpha value is -2.96. The Balaban J connectivity index is 2.15. The second-order valence-electron chi connectivity index (χ2n) is 4.10. The van der Waals surface area contributed by atoms with Crippen molar-refractivity contribution in [2.75, 3.05) is 7.11 Å². The average molecular weight is 269 g/mol. The van der Waals surface area contributed by atoms with Crippen LogP contribution in [0.1, 0.15) is 10.4 Å². The van der Waals surface area contributed by atoms with Gasteiger partial charge in [0, 0.05) is 23.6 Å². The number of hydrogen-bond donors (Lipinski definition) is 1. The molecule has 7 nitrogen and oxygen atoms in total. The summed E-state index contributed by atoms with van der Waals surface area (Å²) in [6.07, 6.45) is 3.78. The second kappa shape index (κ2) is 4.96. The van der Waals surface area contributed by atoms with Gasteiger partial charge in [-0.05, 0) is 40.8 Å². The van der Waals surface area contributed by atoms with E-state index in [0.717, 1.165) is 5.69 Å². The van der Waals surface area contributed by atoms with E-state index in [4.69, 9.17) is 4.74 Å². The lowest BCUT2D eigenvalue weighted by Gasteiger charge is -2.08. The molecule has 0 amide bonds. The lowest BCUT2D eigenvalue weighted by molar-refractivity contribution is 0.0601. The van der Waals surface area contributed by atoms with Gasteiger partial charge < -0.3 is 9.30 Å².